The van der Waals surface area contributed by atoms with Crippen LogP contribution in [0.1, 0.15) is 52.9 Å². The van der Waals surface area contributed by atoms with Gasteiger partial charge in [-0.05, 0) is 71.8 Å². The molecule has 3 fully saturated rings. The molecule has 0 heterocycles. The first kappa shape index (κ1) is 19.7. The minimum absolute atomic E-state index is 0.00143. The lowest BCUT2D eigenvalue weighted by Gasteiger charge is -2.60. The van der Waals surface area contributed by atoms with Crippen molar-refractivity contribution in [3.05, 3.63) is 11.6 Å². The van der Waals surface area contributed by atoms with Crippen LogP contribution in [0.15, 0.2) is 11.6 Å². The van der Waals surface area contributed by atoms with Crippen LogP contribution in [-0.4, -0.2) is 40.0 Å². The average molecular weight is 392 g/mol. The highest BCUT2D eigenvalue weighted by atomic mass is 19.1. The number of aliphatic hydroxyl groups excluding tert-OH is 1. The van der Waals surface area contributed by atoms with E-state index in [1.165, 1.54) is 6.08 Å². The van der Waals surface area contributed by atoms with Gasteiger partial charge in [-0.15, -0.1) is 0 Å². The van der Waals surface area contributed by atoms with Crippen LogP contribution in [0.3, 0.4) is 0 Å². The number of aliphatic carboxylic acids is 1. The largest absolute Gasteiger partial charge is 0.475 e. The van der Waals surface area contributed by atoms with E-state index >= 15 is 4.39 Å². The minimum Gasteiger partial charge on any atom is -0.475 e. The summed E-state index contributed by atoms with van der Waals surface area (Å²) < 4.78 is 15.2. The molecule has 2 N–H and O–H groups in total. The van der Waals surface area contributed by atoms with Gasteiger partial charge < -0.3 is 10.2 Å². The number of allylic oxidation sites excluding steroid dienone is 1. The lowest BCUT2D eigenvalue weighted by molar-refractivity contribution is -0.161. The maximum Gasteiger partial charge on any atom is 0.372 e. The van der Waals surface area contributed by atoms with E-state index in [1.807, 2.05) is 20.8 Å². The van der Waals surface area contributed by atoms with Gasteiger partial charge in [0.1, 0.15) is 6.17 Å². The molecule has 28 heavy (non-hydrogen) atoms. The Kier molecular flexibility index (Phi) is 4.38. The van der Waals surface area contributed by atoms with Crippen molar-refractivity contribution in [1.29, 1.82) is 0 Å². The molecule has 0 aromatic heterocycles. The molecule has 0 amide bonds. The van der Waals surface area contributed by atoms with Crippen LogP contribution in [0.5, 0.6) is 0 Å². The third-order valence-corrected chi connectivity index (χ3v) is 8.71. The van der Waals surface area contributed by atoms with Gasteiger partial charge in [-0.1, -0.05) is 20.8 Å². The van der Waals surface area contributed by atoms with Gasteiger partial charge in [-0.3, -0.25) is 9.59 Å². The van der Waals surface area contributed by atoms with Crippen molar-refractivity contribution in [2.24, 2.45) is 40.4 Å². The van der Waals surface area contributed by atoms with Gasteiger partial charge in [0.15, 0.2) is 5.78 Å². The Hall–Kier alpha value is -1.56. The van der Waals surface area contributed by atoms with Crippen LogP contribution in [0.25, 0.3) is 0 Å². The molecule has 0 radical (unpaired) electrons. The third kappa shape index (κ3) is 2.49. The van der Waals surface area contributed by atoms with Crippen molar-refractivity contribution < 1.29 is 29.0 Å². The fourth-order valence-corrected chi connectivity index (χ4v) is 7.75. The number of halogens is 1. The first-order chi connectivity index (χ1) is 13.0. The summed E-state index contributed by atoms with van der Waals surface area (Å²) in [7, 11) is 0. The molecule has 9 atom stereocenters. The van der Waals surface area contributed by atoms with Gasteiger partial charge in [-0.2, -0.15) is 0 Å². The lowest BCUT2D eigenvalue weighted by Crippen LogP contribution is -2.59. The second kappa shape index (κ2) is 6.22. The number of carbonyl (C=O) groups excluding carboxylic acids is 2. The van der Waals surface area contributed by atoms with Crippen molar-refractivity contribution in [2.75, 3.05) is 0 Å². The normalized spacial score (nSPS) is 50.2. The van der Waals surface area contributed by atoms with Gasteiger partial charge in [0, 0.05) is 12.3 Å². The highest BCUT2D eigenvalue weighted by Gasteiger charge is 2.66. The monoisotopic (exact) mass is 392 g/mol. The molecule has 0 bridgehead atoms. The number of ketones is 2. The van der Waals surface area contributed by atoms with Crippen LogP contribution in [0, 0.1) is 40.4 Å². The maximum absolute atomic E-state index is 15.2. The molecule has 6 heteroatoms. The molecule has 0 saturated heterocycles. The first-order valence-electron chi connectivity index (χ1n) is 10.3. The number of fused-ring (bicyclic) bond motifs is 5. The molecule has 0 aromatic rings. The van der Waals surface area contributed by atoms with Crippen LogP contribution in [-0.2, 0) is 14.4 Å². The zero-order valence-electron chi connectivity index (χ0n) is 16.7. The van der Waals surface area contributed by atoms with Crippen molar-refractivity contribution >= 4 is 17.5 Å². The first-order valence-corrected chi connectivity index (χ1v) is 10.3. The Labute approximate surface area is 164 Å². The molecule has 0 aromatic carbocycles. The van der Waals surface area contributed by atoms with Crippen molar-refractivity contribution in [2.45, 2.75) is 65.2 Å². The van der Waals surface area contributed by atoms with Crippen molar-refractivity contribution in [1.82, 2.24) is 0 Å². The Morgan fingerprint density at radius 3 is 2.57 bits per heavy atom. The summed E-state index contributed by atoms with van der Waals surface area (Å²) in [6.07, 6.45) is 1.64. The van der Waals surface area contributed by atoms with E-state index in [1.54, 1.807) is 0 Å². The summed E-state index contributed by atoms with van der Waals surface area (Å²) in [4.78, 5) is 35.8. The van der Waals surface area contributed by atoms with Gasteiger partial charge in [0.2, 0.25) is 5.78 Å². The molecule has 0 aliphatic heterocycles. The van der Waals surface area contributed by atoms with E-state index in [-0.39, 0.29) is 35.9 Å². The summed E-state index contributed by atoms with van der Waals surface area (Å²) in [6.45, 7) is 5.79. The Morgan fingerprint density at radius 1 is 1.25 bits per heavy atom. The molecule has 5 nitrogen and oxygen atoms in total. The molecule has 154 valence electrons. The summed E-state index contributed by atoms with van der Waals surface area (Å²) >= 11 is 0. The summed E-state index contributed by atoms with van der Waals surface area (Å²) in [5.41, 5.74) is -0.677. The number of hydrogen-bond donors (Lipinski definition) is 2. The number of alkyl halides is 1. The predicted octanol–water partition coefficient (Wildman–Crippen LogP) is 2.95. The molecule has 3 saturated carbocycles. The zero-order valence-corrected chi connectivity index (χ0v) is 16.7. The highest BCUT2D eigenvalue weighted by molar-refractivity contribution is 6.33. The second-order valence-corrected chi connectivity index (χ2v) is 10.1. The Bertz CT molecular complexity index is 775. The quantitative estimate of drug-likeness (QED) is 0.705. The van der Waals surface area contributed by atoms with Crippen LogP contribution < -0.4 is 0 Å². The van der Waals surface area contributed by atoms with E-state index in [2.05, 4.69) is 0 Å². The minimum atomic E-state index is -1.43. The summed E-state index contributed by atoms with van der Waals surface area (Å²) in [5, 5.41) is 20.5. The molecular formula is C22H29FO5. The van der Waals surface area contributed by atoms with Gasteiger partial charge in [-0.25, -0.2) is 9.18 Å². The number of aliphatic hydroxyl groups is 1. The topological polar surface area (TPSA) is 91.7 Å². The highest BCUT2D eigenvalue weighted by Crippen LogP contribution is 2.68. The second-order valence-electron chi connectivity index (χ2n) is 10.1. The van der Waals surface area contributed by atoms with Gasteiger partial charge in [0.05, 0.1) is 6.10 Å². The third-order valence-electron chi connectivity index (χ3n) is 8.71. The van der Waals surface area contributed by atoms with Crippen LogP contribution in [0.2, 0.25) is 0 Å². The van der Waals surface area contributed by atoms with Crippen LogP contribution in [0.4, 0.5) is 4.39 Å². The number of carboxylic acids is 1. The van der Waals surface area contributed by atoms with Gasteiger partial charge in [0.25, 0.3) is 0 Å². The van der Waals surface area contributed by atoms with E-state index < -0.39 is 40.8 Å². The number of Topliss-reactive ketones (excluding diaryl/α,β-unsaturated/α-hetero) is 1. The average Bonchev–Trinajstić information content (AvgIpc) is 2.85. The molecule has 0 spiro atoms. The smallest absolute Gasteiger partial charge is 0.372 e. The predicted molar refractivity (Wildman–Crippen MR) is 99.1 cm³/mol. The molecule has 4 rings (SSSR count). The number of rotatable bonds is 2. The summed E-state index contributed by atoms with van der Waals surface area (Å²) in [5.74, 6) is -3.31. The van der Waals surface area contributed by atoms with Gasteiger partial charge >= 0.3 is 5.97 Å². The van der Waals surface area contributed by atoms with Crippen molar-refractivity contribution in [3.63, 3.8) is 0 Å². The van der Waals surface area contributed by atoms with Crippen LogP contribution >= 0.6 is 0 Å². The SMILES string of the molecule is C[C@@H]1C[C@H]2[C@@H]3C[C@H](F)C4=CC(=O)CC[C@]4(C)[C@H]3[C@@H](O)C[C@]2(C)[C@H]1C(=O)C(=O)O. The summed E-state index contributed by atoms with van der Waals surface area (Å²) in [6, 6.07) is 0. The van der Waals surface area contributed by atoms with E-state index in [0.29, 0.717) is 31.3 Å². The fraction of sp³-hybridized carbons (Fsp3) is 0.773. The van der Waals surface area contributed by atoms with E-state index in [9.17, 15) is 24.6 Å². The zero-order chi connectivity index (χ0) is 20.6. The number of hydrogen-bond acceptors (Lipinski definition) is 4. The Morgan fingerprint density at radius 2 is 1.93 bits per heavy atom. The van der Waals surface area contributed by atoms with E-state index in [0.717, 1.165) is 0 Å². The molecule has 4 aliphatic rings. The molecule has 0 unspecified atom stereocenters. The molecule has 4 aliphatic carbocycles. The molecular weight excluding hydrogens is 363 g/mol. The number of carboxylic acid groups (broad SMARTS) is 1. The fourth-order valence-electron chi connectivity index (χ4n) is 7.75. The number of carbonyl (C=O) groups is 3. The van der Waals surface area contributed by atoms with Crippen molar-refractivity contribution in [3.8, 4) is 0 Å². The lowest BCUT2D eigenvalue weighted by atomic mass is 9.45. The maximum atomic E-state index is 15.2. The van der Waals surface area contributed by atoms with E-state index in [4.69, 9.17) is 0 Å². The standard InChI is InChI=1S/C22H29FO5/c1-10-6-13-12-8-15(23)14-7-11(24)4-5-21(14,2)18(12)16(25)9-22(13,3)17(10)19(26)20(27)28/h7,10,12-13,15-18,25H,4-6,8-9H2,1-3H3,(H,27,28)/t10-,12+,13+,15+,16+,17-,18-,21+,22+/m1/s1. The Balaban J connectivity index is 1.76.